The Bertz CT molecular complexity index is 380. The minimum atomic E-state index is -0.0193. The number of nitrogens with zero attached hydrogens (tertiary/aromatic N) is 1. The van der Waals surface area contributed by atoms with E-state index < -0.39 is 0 Å². The quantitative estimate of drug-likeness (QED) is 0.829. The number of aromatic nitrogens is 1. The van der Waals surface area contributed by atoms with Gasteiger partial charge in [-0.25, -0.2) is 0 Å². The summed E-state index contributed by atoms with van der Waals surface area (Å²) >= 11 is 0. The zero-order chi connectivity index (χ0) is 12.3. The van der Waals surface area contributed by atoms with E-state index in [4.69, 9.17) is 5.73 Å². The number of carbonyl (C=O) groups is 1. The van der Waals surface area contributed by atoms with E-state index in [9.17, 15) is 4.79 Å². The van der Waals surface area contributed by atoms with Gasteiger partial charge in [0, 0.05) is 18.4 Å². The molecule has 3 atom stereocenters. The van der Waals surface area contributed by atoms with Crippen molar-refractivity contribution < 1.29 is 4.79 Å². The Morgan fingerprint density at radius 2 is 2.41 bits per heavy atom. The molecule has 17 heavy (non-hydrogen) atoms. The van der Waals surface area contributed by atoms with Gasteiger partial charge in [-0.2, -0.15) is 0 Å². The van der Waals surface area contributed by atoms with Crippen LogP contribution in [0.1, 0.15) is 37.8 Å². The molecule has 1 fully saturated rings. The number of nitrogens with one attached hydrogen (secondary N) is 1. The Balaban J connectivity index is 1.95. The lowest BCUT2D eigenvalue weighted by Crippen LogP contribution is -2.39. The Labute approximate surface area is 102 Å². The topological polar surface area (TPSA) is 68.0 Å². The van der Waals surface area contributed by atoms with Gasteiger partial charge in [-0.15, -0.1) is 0 Å². The van der Waals surface area contributed by atoms with Crippen molar-refractivity contribution in [1.29, 1.82) is 0 Å². The smallest absolute Gasteiger partial charge is 0.225 e. The highest BCUT2D eigenvalue weighted by Crippen LogP contribution is 2.25. The molecule has 4 heteroatoms. The van der Waals surface area contributed by atoms with Crippen molar-refractivity contribution in [2.24, 2.45) is 11.7 Å². The van der Waals surface area contributed by atoms with Crippen LogP contribution in [0.2, 0.25) is 0 Å². The number of carbonyl (C=O) groups excluding carboxylic acids is 1. The second-order valence-corrected chi connectivity index (χ2v) is 4.72. The van der Waals surface area contributed by atoms with Gasteiger partial charge in [0.15, 0.2) is 0 Å². The largest absolute Gasteiger partial charge is 0.349 e. The molecule has 0 spiro atoms. The number of pyridine rings is 1. The predicted molar refractivity (Wildman–Crippen MR) is 66.1 cm³/mol. The summed E-state index contributed by atoms with van der Waals surface area (Å²) in [5, 5.41) is 3.01. The first kappa shape index (κ1) is 12.0. The molecule has 0 aliphatic heterocycles. The lowest BCUT2D eigenvalue weighted by atomic mass is 10.0. The summed E-state index contributed by atoms with van der Waals surface area (Å²) < 4.78 is 0. The second kappa shape index (κ2) is 5.27. The summed E-state index contributed by atoms with van der Waals surface area (Å²) in [6.07, 6.45) is 6.43. The highest BCUT2D eigenvalue weighted by molar-refractivity contribution is 5.80. The van der Waals surface area contributed by atoms with Crippen molar-refractivity contribution in [3.05, 3.63) is 30.1 Å². The van der Waals surface area contributed by atoms with Crippen LogP contribution in [0, 0.1) is 5.92 Å². The van der Waals surface area contributed by atoms with E-state index in [1.54, 1.807) is 12.4 Å². The third-order valence-electron chi connectivity index (χ3n) is 3.45. The van der Waals surface area contributed by atoms with Crippen LogP contribution >= 0.6 is 0 Å². The van der Waals surface area contributed by atoms with Gasteiger partial charge in [0.2, 0.25) is 5.91 Å². The van der Waals surface area contributed by atoms with Crippen LogP contribution in [0.15, 0.2) is 24.5 Å². The van der Waals surface area contributed by atoms with Gasteiger partial charge in [-0.05, 0) is 31.4 Å². The van der Waals surface area contributed by atoms with Gasteiger partial charge in [0.1, 0.15) is 0 Å². The van der Waals surface area contributed by atoms with E-state index in [-0.39, 0.29) is 23.9 Å². The fourth-order valence-electron chi connectivity index (χ4n) is 2.35. The fraction of sp³-hybridized carbons (Fsp3) is 0.538. The van der Waals surface area contributed by atoms with Crippen molar-refractivity contribution in [2.45, 2.75) is 38.3 Å². The summed E-state index contributed by atoms with van der Waals surface area (Å²) in [6, 6.07) is 3.85. The highest BCUT2D eigenvalue weighted by atomic mass is 16.2. The van der Waals surface area contributed by atoms with Gasteiger partial charge >= 0.3 is 0 Å². The van der Waals surface area contributed by atoms with Crippen LogP contribution in [0.25, 0.3) is 0 Å². The van der Waals surface area contributed by atoms with Crippen molar-refractivity contribution in [2.75, 3.05) is 0 Å². The maximum atomic E-state index is 12.0. The minimum absolute atomic E-state index is 0.0102. The van der Waals surface area contributed by atoms with E-state index >= 15 is 0 Å². The van der Waals surface area contributed by atoms with Gasteiger partial charge in [-0.1, -0.05) is 12.5 Å². The minimum Gasteiger partial charge on any atom is -0.349 e. The molecule has 1 saturated carbocycles. The molecule has 1 aromatic rings. The van der Waals surface area contributed by atoms with Crippen molar-refractivity contribution >= 4 is 5.91 Å². The van der Waals surface area contributed by atoms with Gasteiger partial charge in [0.25, 0.3) is 0 Å². The summed E-state index contributed by atoms with van der Waals surface area (Å²) in [4.78, 5) is 16.1. The van der Waals surface area contributed by atoms with E-state index in [0.29, 0.717) is 0 Å². The Morgan fingerprint density at radius 1 is 1.59 bits per heavy atom. The first-order valence-corrected chi connectivity index (χ1v) is 6.14. The van der Waals surface area contributed by atoms with Gasteiger partial charge in [-0.3, -0.25) is 9.78 Å². The van der Waals surface area contributed by atoms with E-state index in [0.717, 1.165) is 24.8 Å². The van der Waals surface area contributed by atoms with Crippen LogP contribution < -0.4 is 11.1 Å². The molecule has 92 valence electrons. The summed E-state index contributed by atoms with van der Waals surface area (Å²) in [5.41, 5.74) is 6.94. The molecule has 2 rings (SSSR count). The molecule has 1 aliphatic carbocycles. The molecule has 1 amide bonds. The first-order valence-electron chi connectivity index (χ1n) is 6.14. The number of amides is 1. The maximum Gasteiger partial charge on any atom is 0.225 e. The molecule has 0 saturated heterocycles. The van der Waals surface area contributed by atoms with E-state index in [2.05, 4.69) is 10.3 Å². The molecular weight excluding hydrogens is 214 g/mol. The molecular formula is C13H19N3O. The predicted octanol–water partition coefficient (Wildman–Crippen LogP) is 1.39. The van der Waals surface area contributed by atoms with Crippen LogP contribution in [-0.2, 0) is 4.79 Å². The molecule has 0 bridgehead atoms. The lowest BCUT2D eigenvalue weighted by molar-refractivity contribution is -0.125. The zero-order valence-corrected chi connectivity index (χ0v) is 10.1. The number of hydrogen-bond acceptors (Lipinski definition) is 3. The van der Waals surface area contributed by atoms with Crippen molar-refractivity contribution in [3.8, 4) is 0 Å². The molecule has 3 unspecified atom stereocenters. The van der Waals surface area contributed by atoms with Gasteiger partial charge < -0.3 is 11.1 Å². The van der Waals surface area contributed by atoms with E-state index in [1.165, 1.54) is 0 Å². The van der Waals surface area contributed by atoms with Crippen LogP contribution in [0.5, 0.6) is 0 Å². The molecule has 1 aliphatic rings. The van der Waals surface area contributed by atoms with Crippen LogP contribution in [0.4, 0.5) is 0 Å². The van der Waals surface area contributed by atoms with Crippen molar-refractivity contribution in [3.63, 3.8) is 0 Å². The molecule has 3 N–H and O–H groups in total. The molecule has 1 heterocycles. The number of nitrogens with two attached hydrogens (primary N) is 1. The second-order valence-electron chi connectivity index (χ2n) is 4.72. The van der Waals surface area contributed by atoms with Crippen LogP contribution in [0.3, 0.4) is 0 Å². The Kier molecular flexibility index (Phi) is 3.74. The monoisotopic (exact) mass is 233 g/mol. The summed E-state index contributed by atoms with van der Waals surface area (Å²) in [6.45, 7) is 1.97. The SMILES string of the molecule is CC(NC(=O)C1CCCC1N)c1cccnc1. The lowest BCUT2D eigenvalue weighted by Gasteiger charge is -2.19. The Hall–Kier alpha value is -1.42. The van der Waals surface area contributed by atoms with E-state index in [1.807, 2.05) is 19.1 Å². The number of hydrogen-bond donors (Lipinski definition) is 2. The highest BCUT2D eigenvalue weighted by Gasteiger charge is 2.30. The standard InChI is InChI=1S/C13H19N3O/c1-9(10-4-3-7-15-8-10)16-13(17)11-5-2-6-12(11)14/h3-4,7-9,11-12H,2,5-6,14H2,1H3,(H,16,17). The zero-order valence-electron chi connectivity index (χ0n) is 10.1. The van der Waals surface area contributed by atoms with Crippen molar-refractivity contribution in [1.82, 2.24) is 10.3 Å². The average Bonchev–Trinajstić information content (AvgIpc) is 2.76. The van der Waals surface area contributed by atoms with Gasteiger partial charge in [0.05, 0.1) is 12.0 Å². The average molecular weight is 233 g/mol. The Morgan fingerprint density at radius 3 is 3.00 bits per heavy atom. The summed E-state index contributed by atoms with van der Waals surface area (Å²) in [7, 11) is 0. The van der Waals surface area contributed by atoms with Crippen LogP contribution in [-0.4, -0.2) is 16.9 Å². The molecule has 0 radical (unpaired) electrons. The molecule has 0 aromatic carbocycles. The molecule has 1 aromatic heterocycles. The first-order chi connectivity index (χ1) is 8.18. The normalized spacial score (nSPS) is 25.5. The fourth-order valence-corrected chi connectivity index (χ4v) is 2.35. The molecule has 4 nitrogen and oxygen atoms in total. The third kappa shape index (κ3) is 2.82. The summed E-state index contributed by atoms with van der Waals surface area (Å²) in [5.74, 6) is 0.0560. The third-order valence-corrected chi connectivity index (χ3v) is 3.45. The number of rotatable bonds is 3. The maximum absolute atomic E-state index is 12.0.